The molecule has 1 amide bonds. The number of piperidine rings is 1. The molecule has 2 rings (SSSR count). The van der Waals surface area contributed by atoms with Gasteiger partial charge in [0.25, 0.3) is 0 Å². The van der Waals surface area contributed by atoms with Crippen molar-refractivity contribution in [3.05, 3.63) is 30.1 Å². The summed E-state index contributed by atoms with van der Waals surface area (Å²) >= 11 is 0. The number of rotatable bonds is 6. The van der Waals surface area contributed by atoms with Crippen molar-refractivity contribution >= 4 is 23.5 Å². The molecule has 0 aliphatic carbocycles. The molecule has 0 radical (unpaired) electrons. The van der Waals surface area contributed by atoms with E-state index in [1.807, 2.05) is 11.8 Å². The van der Waals surface area contributed by atoms with Gasteiger partial charge < -0.3 is 20.3 Å². The number of esters is 1. The molecule has 8 heteroatoms. The number of carbonyl (C=O) groups excluding carboxylic acids is 2. The predicted octanol–water partition coefficient (Wildman–Crippen LogP) is 2.00. The van der Waals surface area contributed by atoms with Gasteiger partial charge in [-0.2, -0.15) is 0 Å². The second-order valence-electron chi connectivity index (χ2n) is 6.27. The van der Waals surface area contributed by atoms with Gasteiger partial charge >= 0.3 is 5.97 Å². The first-order valence-corrected chi connectivity index (χ1v) is 9.28. The zero-order valence-corrected chi connectivity index (χ0v) is 15.8. The van der Waals surface area contributed by atoms with Gasteiger partial charge in [0.15, 0.2) is 5.96 Å². The van der Waals surface area contributed by atoms with E-state index in [0.29, 0.717) is 31.3 Å². The molecule has 7 nitrogen and oxygen atoms in total. The lowest BCUT2D eigenvalue weighted by Gasteiger charge is -2.33. The third kappa shape index (κ3) is 6.54. The summed E-state index contributed by atoms with van der Waals surface area (Å²) in [5.74, 6) is -0.551. The third-order valence-electron chi connectivity index (χ3n) is 4.16. The Morgan fingerprint density at radius 2 is 2.19 bits per heavy atom. The molecule has 1 heterocycles. The molecular formula is C19H27FN4O3. The Hall–Kier alpha value is -2.64. The molecule has 0 saturated carbocycles. The van der Waals surface area contributed by atoms with Gasteiger partial charge in [-0.15, -0.1) is 0 Å². The Balaban J connectivity index is 1.98. The topological polar surface area (TPSA) is 83.0 Å². The molecule has 0 bridgehead atoms. The predicted molar refractivity (Wildman–Crippen MR) is 102 cm³/mol. The highest BCUT2D eigenvalue weighted by molar-refractivity contribution is 5.94. The van der Waals surface area contributed by atoms with Crippen LogP contribution >= 0.6 is 0 Å². The van der Waals surface area contributed by atoms with Gasteiger partial charge in [0.05, 0.1) is 12.5 Å². The SMILES string of the molecule is CCNC(=NCC(=O)Nc1cccc(F)c1)N1CCCC(C(=O)OCC)C1. The lowest BCUT2D eigenvalue weighted by Crippen LogP contribution is -2.48. The van der Waals surface area contributed by atoms with E-state index < -0.39 is 5.82 Å². The Bertz CT molecular complexity index is 681. The molecule has 148 valence electrons. The van der Waals surface area contributed by atoms with Crippen LogP contribution in [0.3, 0.4) is 0 Å². The van der Waals surface area contributed by atoms with E-state index in [2.05, 4.69) is 15.6 Å². The minimum absolute atomic E-state index is 0.0978. The molecule has 1 aliphatic heterocycles. The molecule has 27 heavy (non-hydrogen) atoms. The van der Waals surface area contributed by atoms with E-state index in [1.54, 1.807) is 13.0 Å². The second-order valence-corrected chi connectivity index (χ2v) is 6.27. The van der Waals surface area contributed by atoms with Crippen LogP contribution in [0.25, 0.3) is 0 Å². The van der Waals surface area contributed by atoms with Crippen LogP contribution in [-0.2, 0) is 14.3 Å². The molecular weight excluding hydrogens is 351 g/mol. The molecule has 1 fully saturated rings. The summed E-state index contributed by atoms with van der Waals surface area (Å²) in [5.41, 5.74) is 0.389. The number of nitrogens with zero attached hydrogens (tertiary/aromatic N) is 2. The highest BCUT2D eigenvalue weighted by atomic mass is 19.1. The molecule has 0 aromatic heterocycles. The lowest BCUT2D eigenvalue weighted by atomic mass is 9.98. The maximum absolute atomic E-state index is 13.2. The Kier molecular flexibility index (Phi) is 8.03. The van der Waals surface area contributed by atoms with Crippen LogP contribution in [0.4, 0.5) is 10.1 Å². The average molecular weight is 378 g/mol. The van der Waals surface area contributed by atoms with E-state index in [1.165, 1.54) is 18.2 Å². The average Bonchev–Trinajstić information content (AvgIpc) is 2.65. The molecule has 2 N–H and O–H groups in total. The fourth-order valence-electron chi connectivity index (χ4n) is 2.96. The Morgan fingerprint density at radius 1 is 1.37 bits per heavy atom. The van der Waals surface area contributed by atoms with Gasteiger partial charge in [-0.1, -0.05) is 6.07 Å². The standard InChI is InChI=1S/C19H27FN4O3/c1-3-21-19(24-10-6-7-14(13-24)18(26)27-4-2)22-12-17(25)23-16-9-5-8-15(20)11-16/h5,8-9,11,14H,3-4,6-7,10,12-13H2,1-2H3,(H,21,22)(H,23,25). The molecule has 1 aliphatic rings. The molecule has 0 spiro atoms. The number of carbonyl (C=O) groups is 2. The molecule has 1 aromatic rings. The van der Waals surface area contributed by atoms with Crippen molar-refractivity contribution < 1.29 is 18.7 Å². The molecule has 1 atom stereocenters. The number of ether oxygens (including phenoxy) is 1. The van der Waals surface area contributed by atoms with Gasteiger partial charge in [-0.25, -0.2) is 9.38 Å². The zero-order chi connectivity index (χ0) is 19.6. The number of anilines is 1. The van der Waals surface area contributed by atoms with Crippen molar-refractivity contribution in [3.63, 3.8) is 0 Å². The van der Waals surface area contributed by atoms with Gasteiger partial charge in [-0.3, -0.25) is 9.59 Å². The Labute approximate surface area is 159 Å². The van der Waals surface area contributed by atoms with E-state index >= 15 is 0 Å². The van der Waals surface area contributed by atoms with E-state index in [0.717, 1.165) is 19.4 Å². The fraction of sp³-hybridized carbons (Fsp3) is 0.526. The minimum atomic E-state index is -0.414. The van der Waals surface area contributed by atoms with Crippen LogP contribution in [0.1, 0.15) is 26.7 Å². The minimum Gasteiger partial charge on any atom is -0.466 e. The van der Waals surface area contributed by atoms with Crippen molar-refractivity contribution in [2.24, 2.45) is 10.9 Å². The fourth-order valence-corrected chi connectivity index (χ4v) is 2.96. The Morgan fingerprint density at radius 3 is 2.89 bits per heavy atom. The second kappa shape index (κ2) is 10.5. The summed E-state index contributed by atoms with van der Waals surface area (Å²) < 4.78 is 18.3. The number of halogens is 1. The number of amides is 1. The van der Waals surface area contributed by atoms with Crippen molar-refractivity contribution in [2.45, 2.75) is 26.7 Å². The summed E-state index contributed by atoms with van der Waals surface area (Å²) in [7, 11) is 0. The number of hydrogen-bond acceptors (Lipinski definition) is 4. The number of likely N-dealkylation sites (tertiary alicyclic amines) is 1. The largest absolute Gasteiger partial charge is 0.466 e. The highest BCUT2D eigenvalue weighted by Gasteiger charge is 2.28. The number of benzene rings is 1. The number of aliphatic imine (C=N–C) groups is 1. The normalized spacial score (nSPS) is 17.4. The third-order valence-corrected chi connectivity index (χ3v) is 4.16. The smallest absolute Gasteiger partial charge is 0.310 e. The van der Waals surface area contributed by atoms with Crippen molar-refractivity contribution in [3.8, 4) is 0 Å². The van der Waals surface area contributed by atoms with Crippen molar-refractivity contribution in [1.29, 1.82) is 0 Å². The van der Waals surface area contributed by atoms with Gasteiger partial charge in [0, 0.05) is 25.3 Å². The molecule has 1 saturated heterocycles. The quantitative estimate of drug-likeness (QED) is 0.449. The van der Waals surface area contributed by atoms with Crippen molar-refractivity contribution in [2.75, 3.05) is 38.1 Å². The van der Waals surface area contributed by atoms with Crippen LogP contribution in [-0.4, -0.2) is 55.5 Å². The number of nitrogens with one attached hydrogen (secondary N) is 2. The van der Waals surface area contributed by atoms with Crippen molar-refractivity contribution in [1.82, 2.24) is 10.2 Å². The number of hydrogen-bond donors (Lipinski definition) is 2. The number of guanidine groups is 1. The van der Waals surface area contributed by atoms with E-state index in [4.69, 9.17) is 4.74 Å². The van der Waals surface area contributed by atoms with Crippen LogP contribution in [0.5, 0.6) is 0 Å². The monoisotopic (exact) mass is 378 g/mol. The summed E-state index contributed by atoms with van der Waals surface area (Å²) in [6.45, 7) is 5.91. The van der Waals surface area contributed by atoms with Crippen LogP contribution in [0.2, 0.25) is 0 Å². The van der Waals surface area contributed by atoms with Crippen LogP contribution < -0.4 is 10.6 Å². The lowest BCUT2D eigenvalue weighted by molar-refractivity contribution is -0.149. The summed E-state index contributed by atoms with van der Waals surface area (Å²) in [6.07, 6.45) is 1.64. The van der Waals surface area contributed by atoms with Gasteiger partial charge in [0.1, 0.15) is 12.4 Å². The van der Waals surface area contributed by atoms with Gasteiger partial charge in [0.2, 0.25) is 5.91 Å². The first-order valence-electron chi connectivity index (χ1n) is 9.28. The van der Waals surface area contributed by atoms with Crippen LogP contribution in [0, 0.1) is 11.7 Å². The summed E-state index contributed by atoms with van der Waals surface area (Å²) in [6, 6.07) is 5.71. The van der Waals surface area contributed by atoms with E-state index in [-0.39, 0.29) is 24.3 Å². The molecule has 1 unspecified atom stereocenters. The first-order chi connectivity index (χ1) is 13.0. The summed E-state index contributed by atoms with van der Waals surface area (Å²) in [5, 5.41) is 5.78. The first kappa shape index (κ1) is 20.7. The van der Waals surface area contributed by atoms with Gasteiger partial charge in [-0.05, 0) is 44.9 Å². The maximum Gasteiger partial charge on any atom is 0.310 e. The zero-order valence-electron chi connectivity index (χ0n) is 15.8. The maximum atomic E-state index is 13.2. The summed E-state index contributed by atoms with van der Waals surface area (Å²) in [4.78, 5) is 30.5. The highest BCUT2D eigenvalue weighted by Crippen LogP contribution is 2.18. The van der Waals surface area contributed by atoms with Crippen LogP contribution in [0.15, 0.2) is 29.3 Å². The van der Waals surface area contributed by atoms with E-state index in [9.17, 15) is 14.0 Å². The molecule has 1 aromatic carbocycles.